The van der Waals surface area contributed by atoms with Crippen LogP contribution in [-0.4, -0.2) is 41.5 Å². The van der Waals surface area contributed by atoms with E-state index in [1.54, 1.807) is 0 Å². The van der Waals surface area contributed by atoms with Gasteiger partial charge in [-0.05, 0) is 30.4 Å². The Morgan fingerprint density at radius 1 is 1.10 bits per heavy atom. The maximum absolute atomic E-state index is 12.0. The number of nitrogens with one attached hydrogen (secondary N) is 1. The monoisotopic (exact) mass is 290 g/mol. The predicted octanol–water partition coefficient (Wildman–Crippen LogP) is 1.42. The van der Waals surface area contributed by atoms with Gasteiger partial charge in [-0.1, -0.05) is 24.3 Å². The fraction of sp³-hybridized carbons (Fsp3) is 0.500. The Morgan fingerprint density at radius 3 is 2.43 bits per heavy atom. The van der Waals surface area contributed by atoms with Gasteiger partial charge in [-0.3, -0.25) is 9.59 Å². The summed E-state index contributed by atoms with van der Waals surface area (Å²) in [6.45, 7) is 2.54. The summed E-state index contributed by atoms with van der Waals surface area (Å²) in [4.78, 5) is 24.8. The number of piperidine rings is 1. The lowest BCUT2D eigenvalue weighted by atomic mass is 10.0. The van der Waals surface area contributed by atoms with Gasteiger partial charge in [0.05, 0.1) is 13.0 Å². The lowest BCUT2D eigenvalue weighted by molar-refractivity contribution is -0.136. The summed E-state index contributed by atoms with van der Waals surface area (Å²) in [5, 5.41) is 12.0. The summed E-state index contributed by atoms with van der Waals surface area (Å²) < 4.78 is 0. The normalized spacial score (nSPS) is 15.0. The number of carboxylic acids is 1. The summed E-state index contributed by atoms with van der Waals surface area (Å²) >= 11 is 0. The molecule has 1 aromatic carbocycles. The van der Waals surface area contributed by atoms with Crippen molar-refractivity contribution in [3.63, 3.8) is 0 Å². The lowest BCUT2D eigenvalue weighted by Crippen LogP contribution is -2.41. The van der Waals surface area contributed by atoms with Crippen molar-refractivity contribution in [3.8, 4) is 0 Å². The number of benzene rings is 1. The number of carbonyl (C=O) groups excluding carboxylic acids is 1. The Bertz CT molecular complexity index is 496. The average Bonchev–Trinajstić information content (AvgIpc) is 2.49. The van der Waals surface area contributed by atoms with Crippen molar-refractivity contribution >= 4 is 11.9 Å². The first-order chi connectivity index (χ1) is 10.2. The van der Waals surface area contributed by atoms with Crippen LogP contribution in [0.25, 0.3) is 0 Å². The van der Waals surface area contributed by atoms with E-state index < -0.39 is 5.97 Å². The smallest absolute Gasteiger partial charge is 0.307 e. The predicted molar refractivity (Wildman–Crippen MR) is 79.9 cm³/mol. The maximum atomic E-state index is 12.0. The molecular weight excluding hydrogens is 268 g/mol. The third kappa shape index (κ3) is 4.86. The Morgan fingerprint density at radius 2 is 1.76 bits per heavy atom. The van der Waals surface area contributed by atoms with Gasteiger partial charge in [0.25, 0.3) is 0 Å². The molecule has 1 aliphatic heterocycles. The minimum atomic E-state index is -0.841. The topological polar surface area (TPSA) is 69.6 Å². The molecule has 0 aliphatic carbocycles. The molecular formula is C16H22N2O3. The number of nitrogens with zero attached hydrogens (tertiary/aromatic N) is 1. The molecule has 1 amide bonds. The summed E-state index contributed by atoms with van der Waals surface area (Å²) in [6.07, 6.45) is 3.40. The van der Waals surface area contributed by atoms with Crippen LogP contribution in [0.3, 0.4) is 0 Å². The first-order valence-electron chi connectivity index (χ1n) is 7.44. The van der Waals surface area contributed by atoms with Crippen LogP contribution in [0.15, 0.2) is 24.3 Å². The molecule has 0 saturated carbocycles. The van der Waals surface area contributed by atoms with Crippen LogP contribution in [0.4, 0.5) is 0 Å². The number of aliphatic carboxylic acids is 1. The van der Waals surface area contributed by atoms with Gasteiger partial charge in [0.15, 0.2) is 0 Å². The molecule has 0 spiro atoms. The maximum Gasteiger partial charge on any atom is 0.307 e. The molecule has 1 heterocycles. The standard InChI is InChI=1S/C16H22N2O3/c19-15(18-8-4-1-5-9-18)12-17-11-14-7-3-2-6-13(14)10-16(20)21/h2-3,6-7,17H,1,4-5,8-12H2,(H,20,21). The van der Waals surface area contributed by atoms with Crippen LogP contribution in [0, 0.1) is 0 Å². The largest absolute Gasteiger partial charge is 0.481 e. The fourth-order valence-electron chi connectivity index (χ4n) is 2.62. The fourth-order valence-corrected chi connectivity index (χ4v) is 2.62. The van der Waals surface area contributed by atoms with E-state index in [1.807, 2.05) is 29.2 Å². The van der Waals surface area contributed by atoms with Gasteiger partial charge < -0.3 is 15.3 Å². The lowest BCUT2D eigenvalue weighted by Gasteiger charge is -2.26. The van der Waals surface area contributed by atoms with E-state index in [-0.39, 0.29) is 12.3 Å². The van der Waals surface area contributed by atoms with Crippen molar-refractivity contribution in [3.05, 3.63) is 35.4 Å². The van der Waals surface area contributed by atoms with Crippen LogP contribution in [-0.2, 0) is 22.6 Å². The SMILES string of the molecule is O=C(O)Cc1ccccc1CNCC(=O)N1CCCCC1. The highest BCUT2D eigenvalue weighted by Gasteiger charge is 2.15. The zero-order chi connectivity index (χ0) is 15.1. The number of carboxylic acid groups (broad SMARTS) is 1. The second kappa shape index (κ2) is 7.78. The number of amides is 1. The molecule has 0 bridgehead atoms. The number of rotatable bonds is 6. The van der Waals surface area contributed by atoms with E-state index in [1.165, 1.54) is 6.42 Å². The van der Waals surface area contributed by atoms with Gasteiger partial charge in [0.2, 0.25) is 5.91 Å². The number of likely N-dealkylation sites (tertiary alicyclic amines) is 1. The molecule has 2 rings (SSSR count). The quantitative estimate of drug-likeness (QED) is 0.831. The van der Waals surface area contributed by atoms with Crippen LogP contribution in [0.5, 0.6) is 0 Å². The van der Waals surface area contributed by atoms with Crippen molar-refractivity contribution < 1.29 is 14.7 Å². The number of hydrogen-bond donors (Lipinski definition) is 2. The van der Waals surface area contributed by atoms with Crippen LogP contribution >= 0.6 is 0 Å². The van der Waals surface area contributed by atoms with Gasteiger partial charge in [-0.25, -0.2) is 0 Å². The van der Waals surface area contributed by atoms with E-state index in [0.29, 0.717) is 13.1 Å². The van der Waals surface area contributed by atoms with Gasteiger partial charge in [-0.2, -0.15) is 0 Å². The first-order valence-corrected chi connectivity index (χ1v) is 7.44. The van der Waals surface area contributed by atoms with Crippen molar-refractivity contribution in [2.75, 3.05) is 19.6 Å². The Labute approximate surface area is 125 Å². The molecule has 0 radical (unpaired) electrons. The zero-order valence-electron chi connectivity index (χ0n) is 12.2. The molecule has 0 unspecified atom stereocenters. The highest BCUT2D eigenvalue weighted by atomic mass is 16.4. The second-order valence-electron chi connectivity index (χ2n) is 5.38. The molecule has 1 aromatic rings. The summed E-state index contributed by atoms with van der Waals surface area (Å²) in [5.41, 5.74) is 1.73. The Kier molecular flexibility index (Phi) is 5.75. The molecule has 5 heteroatoms. The van der Waals surface area contributed by atoms with Crippen molar-refractivity contribution in [2.45, 2.75) is 32.2 Å². The van der Waals surface area contributed by atoms with Gasteiger partial charge in [-0.15, -0.1) is 0 Å². The summed E-state index contributed by atoms with van der Waals surface area (Å²) in [7, 11) is 0. The first kappa shape index (κ1) is 15.5. The van der Waals surface area contributed by atoms with Crippen LogP contribution in [0.1, 0.15) is 30.4 Å². The molecule has 5 nitrogen and oxygen atoms in total. The van der Waals surface area contributed by atoms with Crippen molar-refractivity contribution in [1.29, 1.82) is 0 Å². The van der Waals surface area contributed by atoms with E-state index in [0.717, 1.165) is 37.1 Å². The Hall–Kier alpha value is -1.88. The molecule has 0 atom stereocenters. The second-order valence-corrected chi connectivity index (χ2v) is 5.38. The zero-order valence-corrected chi connectivity index (χ0v) is 12.2. The van der Waals surface area contributed by atoms with Crippen LogP contribution in [0.2, 0.25) is 0 Å². The summed E-state index contributed by atoms with van der Waals surface area (Å²) in [5.74, 6) is -0.711. The van der Waals surface area contributed by atoms with Gasteiger partial charge >= 0.3 is 5.97 Å². The van der Waals surface area contributed by atoms with E-state index >= 15 is 0 Å². The highest BCUT2D eigenvalue weighted by Crippen LogP contribution is 2.10. The van der Waals surface area contributed by atoms with Crippen molar-refractivity contribution in [2.24, 2.45) is 0 Å². The van der Waals surface area contributed by atoms with Gasteiger partial charge in [0, 0.05) is 19.6 Å². The van der Waals surface area contributed by atoms with Crippen molar-refractivity contribution in [1.82, 2.24) is 10.2 Å². The molecule has 21 heavy (non-hydrogen) atoms. The molecule has 1 aliphatic rings. The third-order valence-electron chi connectivity index (χ3n) is 3.76. The molecule has 1 fully saturated rings. The van der Waals surface area contributed by atoms with E-state index in [9.17, 15) is 9.59 Å². The average molecular weight is 290 g/mol. The molecule has 114 valence electrons. The van der Waals surface area contributed by atoms with E-state index in [4.69, 9.17) is 5.11 Å². The van der Waals surface area contributed by atoms with Gasteiger partial charge in [0.1, 0.15) is 0 Å². The Balaban J connectivity index is 1.82. The summed E-state index contributed by atoms with van der Waals surface area (Å²) in [6, 6.07) is 7.43. The van der Waals surface area contributed by atoms with E-state index in [2.05, 4.69) is 5.32 Å². The molecule has 2 N–H and O–H groups in total. The number of hydrogen-bond acceptors (Lipinski definition) is 3. The minimum Gasteiger partial charge on any atom is -0.481 e. The van der Waals surface area contributed by atoms with Crippen LogP contribution < -0.4 is 5.32 Å². The number of carbonyl (C=O) groups is 2. The highest BCUT2D eigenvalue weighted by molar-refractivity contribution is 5.78. The minimum absolute atomic E-state index is 0.0118. The third-order valence-corrected chi connectivity index (χ3v) is 3.76. The molecule has 1 saturated heterocycles. The molecule has 0 aromatic heterocycles.